The maximum absolute atomic E-state index is 11.1. The van der Waals surface area contributed by atoms with Gasteiger partial charge in [-0.05, 0) is 420 Å². The van der Waals surface area contributed by atoms with Gasteiger partial charge < -0.3 is 57.9 Å². The Morgan fingerprint density at radius 1 is 0.459 bits per heavy atom. The number of hydrogen-bond donors (Lipinski definition) is 4. The molecule has 0 spiro atoms. The molecule has 2 aliphatic heterocycles. The third-order valence-electron chi connectivity index (χ3n) is 31.4. The molecule has 748 valence electrons. The lowest BCUT2D eigenvalue weighted by Crippen LogP contribution is -2.45. The van der Waals surface area contributed by atoms with Gasteiger partial charge in [-0.15, -0.1) is 23.9 Å². The van der Waals surface area contributed by atoms with Gasteiger partial charge in [0.2, 0.25) is 0 Å². The fourth-order valence-corrected chi connectivity index (χ4v) is 24.8. The van der Waals surface area contributed by atoms with Crippen LogP contribution in [0, 0.1) is 43.2 Å². The number of aliphatic hydroxyl groups excluding tert-OH is 1. The van der Waals surface area contributed by atoms with Crippen molar-refractivity contribution in [3.05, 3.63) is 158 Å². The minimum atomic E-state index is -1.65. The van der Waals surface area contributed by atoms with E-state index in [0.717, 1.165) is 104 Å². The van der Waals surface area contributed by atoms with Crippen LogP contribution in [0.5, 0.6) is 0 Å². The summed E-state index contributed by atoms with van der Waals surface area (Å²) in [5.41, 5.74) is 16.0. The molecular weight excluding hydrogens is 1980 g/mol. The summed E-state index contributed by atoms with van der Waals surface area (Å²) in [6, 6.07) is 49.8. The lowest BCUT2D eigenvalue weighted by atomic mass is 9.92. The number of aromatic nitrogens is 2. The molecule has 11 aliphatic rings. The van der Waals surface area contributed by atoms with Gasteiger partial charge in [-0.3, -0.25) is 4.79 Å². The second-order valence-electron chi connectivity index (χ2n) is 46.9. The van der Waals surface area contributed by atoms with E-state index >= 15 is 0 Å². The number of aliphatic hydroxyl groups is 1. The molecule has 7 aromatic rings. The molecule has 0 amide bonds. The van der Waals surface area contributed by atoms with Crippen LogP contribution in [0.3, 0.4) is 0 Å². The van der Waals surface area contributed by atoms with Crippen LogP contribution < -0.4 is 16.4 Å². The largest absolute Gasteiger partial charge is 0.414 e. The van der Waals surface area contributed by atoms with Crippen LogP contribution in [-0.2, 0) is 27.2 Å². The highest BCUT2D eigenvalue weighted by atomic mass is 127. The maximum Gasteiger partial charge on any atom is 0.192 e. The molecule has 0 unspecified atom stereocenters. The van der Waals surface area contributed by atoms with Gasteiger partial charge >= 0.3 is 0 Å². The minimum absolute atomic E-state index is 0.0672. The van der Waals surface area contributed by atoms with E-state index in [1.807, 2.05) is 24.3 Å². The first kappa shape index (κ1) is 113. The number of carbonyl (C=O) groups is 1. The van der Waals surface area contributed by atoms with Crippen molar-refractivity contribution >= 4 is 135 Å². The van der Waals surface area contributed by atoms with Crippen LogP contribution in [0.25, 0.3) is 21.8 Å². The van der Waals surface area contributed by atoms with Gasteiger partial charge in [0.1, 0.15) is 5.78 Å². The van der Waals surface area contributed by atoms with E-state index in [4.69, 9.17) is 46.2 Å². The molecular formula is C115H179ClI2N6O7Si4. The molecule has 0 radical (unpaired) electrons. The number of terminal acetylenes is 1. The molecule has 4 heterocycles. The number of Topliss-reactive ketones (excluding diaryl/α,β-unsaturated/α-hetero) is 1. The van der Waals surface area contributed by atoms with Crippen molar-refractivity contribution in [2.24, 2.45) is 11.8 Å². The predicted molar refractivity (Wildman–Crippen MR) is 604 cm³/mol. The fraction of sp³-hybridized carbons (Fsp3) is 0.661. The van der Waals surface area contributed by atoms with E-state index in [9.17, 15) is 9.90 Å². The first-order chi connectivity index (χ1) is 63.9. The quantitative estimate of drug-likeness (QED) is 0.0202. The number of alkyl halides is 1. The number of nitrogens with one attached hydrogen (secondary N) is 2. The highest BCUT2D eigenvalue weighted by molar-refractivity contribution is 14.1. The van der Waals surface area contributed by atoms with Crippen molar-refractivity contribution in [3.8, 4) is 24.2 Å². The van der Waals surface area contributed by atoms with Gasteiger partial charge in [0, 0.05) is 139 Å². The van der Waals surface area contributed by atoms with Crippen molar-refractivity contribution in [3.63, 3.8) is 0 Å². The molecule has 0 bridgehead atoms. The van der Waals surface area contributed by atoms with Crippen molar-refractivity contribution < 1.29 is 32.3 Å². The lowest BCUT2D eigenvalue weighted by molar-refractivity contribution is -0.121. The average Bonchev–Trinajstić information content (AvgIpc) is 1.61. The van der Waals surface area contributed by atoms with Gasteiger partial charge in [-0.1, -0.05) is 168 Å². The predicted octanol–water partition coefficient (Wildman–Crippen LogP) is 32.2. The summed E-state index contributed by atoms with van der Waals surface area (Å²) >= 11 is 10.2. The number of nitrogen functional groups attached to an aromatic ring is 1. The summed E-state index contributed by atoms with van der Waals surface area (Å²) < 4.78 is 38.9. The Kier molecular flexibility index (Phi) is 44.1. The van der Waals surface area contributed by atoms with Crippen LogP contribution in [0.2, 0.25) is 72.5 Å². The molecule has 9 saturated carbocycles. The van der Waals surface area contributed by atoms with Gasteiger partial charge in [0.05, 0.1) is 11.8 Å². The van der Waals surface area contributed by atoms with E-state index in [2.05, 4.69) is 332 Å². The number of anilines is 3. The summed E-state index contributed by atoms with van der Waals surface area (Å²) in [5.74, 6) is 13.6. The Labute approximate surface area is 856 Å². The Balaban J connectivity index is 0.000000164. The van der Waals surface area contributed by atoms with Crippen LogP contribution >= 0.6 is 56.8 Å². The number of halogens is 3. The number of fused-ring (bicyclic) bond motifs is 2. The Morgan fingerprint density at radius 3 is 1.19 bits per heavy atom. The number of para-hydroxylation sites is 5. The molecule has 5 N–H and O–H groups in total. The highest BCUT2D eigenvalue weighted by Crippen LogP contribution is 2.50. The zero-order valence-electron chi connectivity index (χ0n) is 87.3. The second kappa shape index (κ2) is 52.8. The topological polar surface area (TPSA) is 147 Å². The maximum atomic E-state index is 11.1. The number of nitrogens with zero attached hydrogens (tertiary/aromatic N) is 3. The molecule has 18 rings (SSSR count). The number of rotatable bonds is 19. The molecule has 13 nitrogen and oxygen atoms in total. The van der Waals surface area contributed by atoms with E-state index in [0.29, 0.717) is 81.3 Å². The molecule has 0 atom stereocenters. The minimum Gasteiger partial charge on any atom is -0.414 e. The molecule has 2 saturated heterocycles. The SMILES string of the molecule is C#CC1CC1.C1CCOC1.CC(C)(C)[Si](C)(C)OC1CCC(=O)CC1.CC(C)(C)[Si](C)(C)OC1CCC(Nc2ccccc2C#CC2CC2)CC1.CC(C)(C)[Si](C)(C)OC1CCC(Nc2ccccc2I)CC1.CC(C)(C)[Si](C)(C)OC1CCC(n2c(C3CC3)cc3ccccc32)CC1.ClCCCN1CCCC1.Nc1ccccc1I.OC1CCC(n2c(C3CC3)cc3ccccc32)CC1. The number of nitrogens with two attached hydrogens (primary N) is 1. The summed E-state index contributed by atoms with van der Waals surface area (Å²) in [6.07, 6.45) is 45.6. The zero-order chi connectivity index (χ0) is 97.9. The van der Waals surface area contributed by atoms with Crippen molar-refractivity contribution in [2.45, 2.75) is 434 Å². The molecule has 20 heteroatoms. The molecule has 5 aromatic carbocycles. The van der Waals surface area contributed by atoms with Gasteiger partial charge in [-0.2, -0.15) is 0 Å². The number of carbonyl (C=O) groups excluding carboxylic acids is 1. The van der Waals surface area contributed by atoms with Crippen LogP contribution in [-0.4, -0.2) is 140 Å². The molecule has 9 aliphatic carbocycles. The van der Waals surface area contributed by atoms with E-state index in [1.54, 1.807) is 11.4 Å². The van der Waals surface area contributed by atoms with E-state index in [-0.39, 0.29) is 11.1 Å². The number of ketones is 1. The van der Waals surface area contributed by atoms with Gasteiger partial charge in [0.15, 0.2) is 33.3 Å². The van der Waals surface area contributed by atoms with Crippen LogP contribution in [0.4, 0.5) is 17.1 Å². The molecule has 11 fully saturated rings. The standard InChI is InChI=1S/2C23H35NOSi.C18H30INOSi.C17H21NO.C12H24O2Si.C7H14ClN.C6H6IN.C5H6.C4H8O/c1-23(2,3)26(4,5)25-20-14-12-19(13-15-20)24-21-9-7-6-8-18(21)16-22(24)17-10-11-17;1-23(2,3)26(4,5)25-21-16-14-20(15-17-21)24-22-9-7-6-8-19(22)13-12-18-10-11-18;1-18(2,3)22(4,5)21-15-12-10-14(11-13-15)20-17-9-7-6-8-16(17)19;19-15-9-7-14(8-10-15)18-16-4-2-1-3-13(16)11-17(18)12-5-6-12;1-12(2,3)15(4,5)14-11-8-6-10(13)7-9-11;8-4-3-7-9-5-1-2-6-9;7-5-3-1-2-4-6(5)8;1-2-5-3-4-5;1-2-4-5-3-1/h6-9,16-17,19-20H,10-15H2,1-5H3;6-9,18,20-21,24H,10-11,14-17H2,1-5H3;6-9,14-15,20H,10-13H2,1-5H3;1-4,11-12,14-15,19H,5-10H2;11H,6-9H2,1-5H3;1-7H2;1-4H,8H2;1,5H,3-4H2;1-4H2. The number of hydrogen-bond acceptors (Lipinski definition) is 11. The normalized spacial score (nSPS) is 23.1. The molecule has 135 heavy (non-hydrogen) atoms. The fourth-order valence-electron chi connectivity index (χ4n) is 18.1. The summed E-state index contributed by atoms with van der Waals surface area (Å²) in [7, 11) is -6.55. The van der Waals surface area contributed by atoms with Gasteiger partial charge in [0.25, 0.3) is 0 Å². The average molecular weight is 2160 g/mol. The van der Waals surface area contributed by atoms with Crippen LogP contribution in [0.1, 0.15) is 336 Å². The summed E-state index contributed by atoms with van der Waals surface area (Å²) in [5, 5.41) is 21.2. The third-order valence-corrected chi connectivity index (χ3v) is 51.7. The monoisotopic (exact) mass is 2160 g/mol. The third kappa shape index (κ3) is 36.8. The van der Waals surface area contributed by atoms with E-state index in [1.165, 1.54) is 210 Å². The number of ether oxygens (including phenoxy) is 1. The highest BCUT2D eigenvalue weighted by Gasteiger charge is 2.45. The number of likely N-dealkylation sites (tertiary alicyclic amines) is 1. The first-order valence-electron chi connectivity index (χ1n) is 52.7. The van der Waals surface area contributed by atoms with Crippen LogP contribution in [0.15, 0.2) is 133 Å². The van der Waals surface area contributed by atoms with Gasteiger partial charge in [-0.25, -0.2) is 0 Å². The summed E-state index contributed by atoms with van der Waals surface area (Å²) in [6.45, 7) is 52.4. The number of benzene rings is 5. The Morgan fingerprint density at radius 2 is 0.830 bits per heavy atom. The Hall–Kier alpha value is -4.29. The molecule has 2 aromatic heterocycles. The zero-order valence-corrected chi connectivity index (χ0v) is 96.4. The van der Waals surface area contributed by atoms with Crippen molar-refractivity contribution in [1.29, 1.82) is 0 Å². The smallest absolute Gasteiger partial charge is 0.192 e. The Bertz CT molecular complexity index is 4770. The van der Waals surface area contributed by atoms with E-state index < -0.39 is 33.3 Å². The first-order valence-corrected chi connectivity index (χ1v) is 67.1. The summed E-state index contributed by atoms with van der Waals surface area (Å²) in [4.78, 5) is 13.6. The van der Waals surface area contributed by atoms with Crippen molar-refractivity contribution in [2.75, 3.05) is 55.1 Å². The second-order valence-corrected chi connectivity index (χ2v) is 68.6. The van der Waals surface area contributed by atoms with Crippen molar-refractivity contribution in [1.82, 2.24) is 14.0 Å². The lowest BCUT2D eigenvalue weighted by Gasteiger charge is -2.41.